The van der Waals surface area contributed by atoms with Gasteiger partial charge in [0.15, 0.2) is 0 Å². The van der Waals surface area contributed by atoms with Crippen molar-refractivity contribution in [3.05, 3.63) is 46.3 Å². The van der Waals surface area contributed by atoms with Crippen LogP contribution in [0.25, 0.3) is 0 Å². The van der Waals surface area contributed by atoms with Crippen LogP contribution in [0.1, 0.15) is 11.8 Å². The number of ether oxygens (including phenoxy) is 1. The molecule has 2 aromatic rings. The van der Waals surface area contributed by atoms with Gasteiger partial charge < -0.3 is 10.1 Å². The first-order valence-corrected chi connectivity index (χ1v) is 6.42. The fraction of sp³-hybridized carbons (Fsp3) is 0.250. The van der Waals surface area contributed by atoms with Crippen molar-refractivity contribution in [2.24, 2.45) is 0 Å². The molecule has 2 aromatic heterocycles. The van der Waals surface area contributed by atoms with Crippen LogP contribution in [0.2, 0.25) is 10.4 Å². The predicted molar refractivity (Wildman–Crippen MR) is 74.5 cm³/mol. The zero-order valence-corrected chi connectivity index (χ0v) is 12.0. The van der Waals surface area contributed by atoms with Crippen molar-refractivity contribution in [2.45, 2.75) is 6.10 Å². The minimum atomic E-state index is -0.397. The zero-order chi connectivity index (χ0) is 14.5. The number of anilines is 1. The fourth-order valence-corrected chi connectivity index (χ4v) is 1.97. The van der Waals surface area contributed by atoms with E-state index in [0.717, 1.165) is 6.20 Å². The highest BCUT2D eigenvalue weighted by Crippen LogP contribution is 2.18. The molecule has 0 bridgehead atoms. The summed E-state index contributed by atoms with van der Waals surface area (Å²) in [6, 6.07) is 4.43. The third kappa shape index (κ3) is 4.00. The Morgan fingerprint density at radius 2 is 2.15 bits per heavy atom. The maximum atomic E-state index is 12.8. The van der Waals surface area contributed by atoms with Crippen molar-refractivity contribution in [1.29, 1.82) is 0 Å². The molecule has 106 valence electrons. The van der Waals surface area contributed by atoms with Gasteiger partial charge >= 0.3 is 0 Å². The monoisotopic (exact) mass is 316 g/mol. The van der Waals surface area contributed by atoms with Crippen molar-refractivity contribution >= 4 is 29.0 Å². The van der Waals surface area contributed by atoms with Gasteiger partial charge in [0.25, 0.3) is 0 Å². The Balaban J connectivity index is 2.05. The third-order valence-corrected chi connectivity index (χ3v) is 2.86. The van der Waals surface area contributed by atoms with Crippen molar-refractivity contribution < 1.29 is 9.13 Å². The van der Waals surface area contributed by atoms with Gasteiger partial charge in [0.1, 0.15) is 22.9 Å². The number of halogens is 3. The topological polar surface area (TPSA) is 59.9 Å². The summed E-state index contributed by atoms with van der Waals surface area (Å²) in [4.78, 5) is 11.7. The van der Waals surface area contributed by atoms with Crippen molar-refractivity contribution in [3.8, 4) is 0 Å². The maximum absolute atomic E-state index is 12.8. The summed E-state index contributed by atoms with van der Waals surface area (Å²) in [5, 5.41) is 3.30. The Hall–Kier alpha value is -1.50. The molecule has 8 heteroatoms. The van der Waals surface area contributed by atoms with Crippen LogP contribution in [0.4, 0.5) is 10.2 Å². The highest BCUT2D eigenvalue weighted by molar-refractivity contribution is 6.32. The Labute approximate surface area is 125 Å². The first-order valence-electron chi connectivity index (χ1n) is 5.66. The number of rotatable bonds is 5. The van der Waals surface area contributed by atoms with Gasteiger partial charge in [-0.15, -0.1) is 0 Å². The van der Waals surface area contributed by atoms with E-state index in [4.69, 9.17) is 27.9 Å². The summed E-state index contributed by atoms with van der Waals surface area (Å²) < 4.78 is 18.1. The Morgan fingerprint density at radius 1 is 1.35 bits per heavy atom. The quantitative estimate of drug-likeness (QED) is 0.678. The maximum Gasteiger partial charge on any atom is 0.225 e. The van der Waals surface area contributed by atoms with E-state index in [1.807, 2.05) is 0 Å². The van der Waals surface area contributed by atoms with Crippen LogP contribution in [-0.4, -0.2) is 28.6 Å². The molecule has 0 aliphatic heterocycles. The molecule has 0 fully saturated rings. The molecule has 20 heavy (non-hydrogen) atoms. The average molecular weight is 317 g/mol. The normalized spacial score (nSPS) is 12.2. The van der Waals surface area contributed by atoms with E-state index in [1.54, 1.807) is 6.07 Å². The van der Waals surface area contributed by atoms with Gasteiger partial charge in [0.05, 0.1) is 11.9 Å². The molecule has 0 amide bonds. The van der Waals surface area contributed by atoms with Crippen LogP contribution < -0.4 is 5.32 Å². The van der Waals surface area contributed by atoms with Crippen molar-refractivity contribution in [2.75, 3.05) is 19.0 Å². The van der Waals surface area contributed by atoms with E-state index in [9.17, 15) is 4.39 Å². The molecule has 1 N–H and O–H groups in total. The van der Waals surface area contributed by atoms with Gasteiger partial charge in [-0.25, -0.2) is 14.4 Å². The lowest BCUT2D eigenvalue weighted by Gasteiger charge is -2.16. The van der Waals surface area contributed by atoms with Crippen LogP contribution >= 0.6 is 23.2 Å². The number of hydrogen-bond acceptors (Lipinski definition) is 5. The Morgan fingerprint density at radius 3 is 2.75 bits per heavy atom. The number of hydrogen-bond donors (Lipinski definition) is 1. The second-order valence-corrected chi connectivity index (χ2v) is 4.58. The lowest BCUT2D eigenvalue weighted by Crippen LogP contribution is -2.16. The van der Waals surface area contributed by atoms with E-state index < -0.39 is 5.82 Å². The fourth-order valence-electron chi connectivity index (χ4n) is 1.56. The Kier molecular flexibility index (Phi) is 5.05. The predicted octanol–water partition coefficient (Wildman–Crippen LogP) is 3.12. The lowest BCUT2D eigenvalue weighted by atomic mass is 10.2. The van der Waals surface area contributed by atoms with Crippen LogP contribution in [-0.2, 0) is 4.74 Å². The molecule has 0 saturated carbocycles. The molecule has 1 atom stereocenters. The van der Waals surface area contributed by atoms with E-state index in [0.29, 0.717) is 18.1 Å². The SMILES string of the molecule is COC(CNc1cc(Cl)nc(Cl)n1)c1ccc(F)cn1. The standard InChI is InChI=1S/C12H11Cl2FN4O/c1-20-9(8-3-2-7(15)5-16-8)6-17-11-4-10(13)18-12(14)19-11/h2-5,9H,6H2,1H3,(H,17,18,19). The minimum absolute atomic E-state index is 0.0499. The molecule has 0 radical (unpaired) electrons. The second-order valence-electron chi connectivity index (χ2n) is 3.85. The zero-order valence-electron chi connectivity index (χ0n) is 10.5. The largest absolute Gasteiger partial charge is 0.373 e. The molecular weight excluding hydrogens is 306 g/mol. The van der Waals surface area contributed by atoms with Gasteiger partial charge in [0.2, 0.25) is 5.28 Å². The highest BCUT2D eigenvalue weighted by atomic mass is 35.5. The summed E-state index contributed by atoms with van der Waals surface area (Å²) in [5.41, 5.74) is 0.604. The third-order valence-electron chi connectivity index (χ3n) is 2.50. The number of pyridine rings is 1. The number of aromatic nitrogens is 3. The van der Waals surface area contributed by atoms with Crippen LogP contribution in [0.15, 0.2) is 24.4 Å². The molecule has 1 unspecified atom stereocenters. The molecule has 0 spiro atoms. The Bertz CT molecular complexity index is 562. The van der Waals surface area contributed by atoms with Crippen LogP contribution in [0.3, 0.4) is 0 Å². The van der Waals surface area contributed by atoms with Gasteiger partial charge in [-0.05, 0) is 23.7 Å². The highest BCUT2D eigenvalue weighted by Gasteiger charge is 2.12. The van der Waals surface area contributed by atoms with E-state index >= 15 is 0 Å². The number of methoxy groups -OCH3 is 1. The summed E-state index contributed by atoms with van der Waals surface area (Å²) in [7, 11) is 1.54. The van der Waals surface area contributed by atoms with Gasteiger partial charge in [-0.1, -0.05) is 11.6 Å². The molecule has 0 saturated heterocycles. The molecule has 0 aromatic carbocycles. The van der Waals surface area contributed by atoms with E-state index in [1.165, 1.54) is 19.2 Å². The molecule has 0 aliphatic rings. The van der Waals surface area contributed by atoms with E-state index in [-0.39, 0.29) is 16.5 Å². The average Bonchev–Trinajstić information content (AvgIpc) is 2.40. The van der Waals surface area contributed by atoms with E-state index in [2.05, 4.69) is 20.3 Å². The first kappa shape index (κ1) is 14.9. The molecule has 5 nitrogen and oxygen atoms in total. The minimum Gasteiger partial charge on any atom is -0.373 e. The van der Waals surface area contributed by atoms with Crippen LogP contribution in [0, 0.1) is 5.82 Å². The molecular formula is C12H11Cl2FN4O. The summed E-state index contributed by atoms with van der Waals surface area (Å²) in [5.74, 6) is 0.0742. The first-order chi connectivity index (χ1) is 9.58. The van der Waals surface area contributed by atoms with Gasteiger partial charge in [-0.2, -0.15) is 0 Å². The van der Waals surface area contributed by atoms with Crippen molar-refractivity contribution in [1.82, 2.24) is 15.0 Å². The number of nitrogens with zero attached hydrogens (tertiary/aromatic N) is 3. The lowest BCUT2D eigenvalue weighted by molar-refractivity contribution is 0.110. The van der Waals surface area contributed by atoms with Crippen LogP contribution in [0.5, 0.6) is 0 Å². The molecule has 2 heterocycles. The number of nitrogens with one attached hydrogen (secondary N) is 1. The van der Waals surface area contributed by atoms with Gasteiger partial charge in [-0.3, -0.25) is 4.98 Å². The summed E-state index contributed by atoms with van der Waals surface area (Å²) in [6.45, 7) is 0.374. The molecule has 2 rings (SSSR count). The summed E-state index contributed by atoms with van der Waals surface area (Å²) >= 11 is 11.5. The molecule has 0 aliphatic carbocycles. The smallest absolute Gasteiger partial charge is 0.225 e. The second kappa shape index (κ2) is 6.78. The summed E-state index contributed by atoms with van der Waals surface area (Å²) in [6.07, 6.45) is 0.780. The van der Waals surface area contributed by atoms with Gasteiger partial charge in [0, 0.05) is 19.7 Å². The van der Waals surface area contributed by atoms with Crippen molar-refractivity contribution in [3.63, 3.8) is 0 Å².